The van der Waals surface area contributed by atoms with Crippen molar-refractivity contribution in [1.82, 2.24) is 9.97 Å². The van der Waals surface area contributed by atoms with Crippen molar-refractivity contribution in [2.75, 3.05) is 32.4 Å². The van der Waals surface area contributed by atoms with Crippen molar-refractivity contribution in [2.45, 2.75) is 6.92 Å². The van der Waals surface area contributed by atoms with E-state index in [1.807, 2.05) is 5.38 Å². The van der Waals surface area contributed by atoms with Gasteiger partial charge in [0.2, 0.25) is 5.75 Å². The molecule has 0 aliphatic rings. The number of nitrogens with zero attached hydrogens (tertiary/aromatic N) is 2. The minimum atomic E-state index is -0.374. The van der Waals surface area contributed by atoms with E-state index in [-0.39, 0.29) is 5.82 Å². The number of hydrogen-bond donors (Lipinski definition) is 2. The van der Waals surface area contributed by atoms with Gasteiger partial charge in [-0.1, -0.05) is 22.9 Å². The number of hydrogen-bond acceptors (Lipinski definition) is 9. The molecule has 4 aromatic rings. The summed E-state index contributed by atoms with van der Waals surface area (Å²) in [6, 6.07) is 6.67. The number of thiazole rings is 2. The smallest absolute Gasteiger partial charge is 0.203 e. The summed E-state index contributed by atoms with van der Waals surface area (Å²) in [6.45, 7) is 1.63. The molecule has 0 radical (unpaired) electrons. The van der Waals surface area contributed by atoms with E-state index in [1.165, 1.54) is 28.7 Å². The molecule has 0 aliphatic carbocycles. The van der Waals surface area contributed by atoms with Gasteiger partial charge in [-0.2, -0.15) is 0 Å². The molecule has 0 bridgehead atoms. The van der Waals surface area contributed by atoms with Crippen LogP contribution in [0, 0.1) is 12.7 Å². The Hall–Kier alpha value is -3.08. The Labute approximate surface area is 202 Å². The number of benzene rings is 2. The summed E-state index contributed by atoms with van der Waals surface area (Å²) >= 11 is 8.88. The van der Waals surface area contributed by atoms with Crippen LogP contribution in [-0.4, -0.2) is 31.3 Å². The van der Waals surface area contributed by atoms with Crippen LogP contribution in [0.5, 0.6) is 17.2 Å². The minimum Gasteiger partial charge on any atom is -0.493 e. The number of anilines is 3. The summed E-state index contributed by atoms with van der Waals surface area (Å²) < 4.78 is 30.3. The summed E-state index contributed by atoms with van der Waals surface area (Å²) in [5.74, 6) is 1.48. The van der Waals surface area contributed by atoms with Crippen LogP contribution in [0.3, 0.4) is 0 Å². The van der Waals surface area contributed by atoms with Crippen molar-refractivity contribution in [3.8, 4) is 38.4 Å². The van der Waals surface area contributed by atoms with Crippen LogP contribution in [-0.2, 0) is 0 Å². The summed E-state index contributed by atoms with van der Waals surface area (Å²) in [4.78, 5) is 9.74. The summed E-state index contributed by atoms with van der Waals surface area (Å²) in [5, 5.41) is 6.65. The zero-order chi connectivity index (χ0) is 23.7. The molecule has 0 aliphatic heterocycles. The first kappa shape index (κ1) is 23.1. The SMILES string of the molecule is COc1cc(Nc2nc(N)c(-c3nc(-c4cc(F)c(C)c(Cl)c4)cs3)s2)cc(OC)c1OC. The summed E-state index contributed by atoms with van der Waals surface area (Å²) in [7, 11) is 4.64. The maximum Gasteiger partial charge on any atom is 0.203 e. The molecule has 7 nitrogen and oxygen atoms in total. The fourth-order valence-electron chi connectivity index (χ4n) is 3.12. The van der Waals surface area contributed by atoms with Crippen molar-refractivity contribution in [3.63, 3.8) is 0 Å². The van der Waals surface area contributed by atoms with Gasteiger partial charge in [-0.3, -0.25) is 0 Å². The maximum absolute atomic E-state index is 14.1. The highest BCUT2D eigenvalue weighted by atomic mass is 35.5. The molecule has 172 valence electrons. The predicted molar refractivity (Wildman–Crippen MR) is 132 cm³/mol. The van der Waals surface area contributed by atoms with Crippen LogP contribution in [0.1, 0.15) is 5.56 Å². The van der Waals surface area contributed by atoms with Crippen molar-refractivity contribution in [1.29, 1.82) is 0 Å². The molecular weight excluding hydrogens is 487 g/mol. The highest BCUT2D eigenvalue weighted by molar-refractivity contribution is 7.23. The normalized spacial score (nSPS) is 10.8. The van der Waals surface area contributed by atoms with Crippen LogP contribution < -0.4 is 25.3 Å². The Balaban J connectivity index is 1.63. The number of nitrogen functional groups attached to an aromatic ring is 1. The van der Waals surface area contributed by atoms with Gasteiger partial charge in [0.15, 0.2) is 16.6 Å². The van der Waals surface area contributed by atoms with Gasteiger partial charge in [0.25, 0.3) is 0 Å². The number of nitrogens with one attached hydrogen (secondary N) is 1. The standard InChI is InChI=1S/C22H20ClFN4O3S2/c1-10-13(23)5-11(6-14(10)24)15-9-32-21(27-15)19-20(25)28-22(33-19)26-12-7-16(29-2)18(31-4)17(8-12)30-3/h5-9H,25H2,1-4H3,(H,26,28). The van der Waals surface area contributed by atoms with E-state index in [2.05, 4.69) is 15.3 Å². The Bertz CT molecular complexity index is 1280. The molecule has 0 amide bonds. The average molecular weight is 507 g/mol. The van der Waals surface area contributed by atoms with E-state index in [1.54, 1.807) is 46.5 Å². The average Bonchev–Trinajstić information content (AvgIpc) is 3.42. The molecule has 0 saturated heterocycles. The lowest BCUT2D eigenvalue weighted by Crippen LogP contribution is -1.97. The molecule has 2 aromatic carbocycles. The number of rotatable bonds is 7. The largest absolute Gasteiger partial charge is 0.493 e. The molecule has 4 rings (SSSR count). The van der Waals surface area contributed by atoms with Gasteiger partial charge in [-0.25, -0.2) is 14.4 Å². The number of methoxy groups -OCH3 is 3. The topological polar surface area (TPSA) is 91.5 Å². The molecule has 0 unspecified atom stereocenters. The first-order valence-corrected chi connectivity index (χ1v) is 11.7. The van der Waals surface area contributed by atoms with Crippen LogP contribution in [0.25, 0.3) is 21.1 Å². The van der Waals surface area contributed by atoms with E-state index in [9.17, 15) is 4.39 Å². The Morgan fingerprint density at radius 2 is 1.73 bits per heavy atom. The number of nitrogens with two attached hydrogens (primary N) is 1. The Morgan fingerprint density at radius 3 is 2.33 bits per heavy atom. The van der Waals surface area contributed by atoms with Gasteiger partial charge in [0.05, 0.1) is 27.0 Å². The van der Waals surface area contributed by atoms with E-state index in [0.29, 0.717) is 65.6 Å². The Kier molecular flexibility index (Phi) is 6.59. The molecule has 11 heteroatoms. The summed E-state index contributed by atoms with van der Waals surface area (Å²) in [6.07, 6.45) is 0. The van der Waals surface area contributed by atoms with Crippen molar-refractivity contribution in [2.24, 2.45) is 0 Å². The van der Waals surface area contributed by atoms with Crippen LogP contribution >= 0.6 is 34.3 Å². The van der Waals surface area contributed by atoms with Gasteiger partial charge in [-0.05, 0) is 19.1 Å². The number of halogens is 2. The van der Waals surface area contributed by atoms with Crippen molar-refractivity contribution in [3.05, 3.63) is 46.0 Å². The van der Waals surface area contributed by atoms with Gasteiger partial charge >= 0.3 is 0 Å². The molecular formula is C22H20ClFN4O3S2. The van der Waals surface area contributed by atoms with E-state index in [0.717, 1.165) is 0 Å². The molecule has 2 aromatic heterocycles. The molecule has 0 saturated carbocycles. The van der Waals surface area contributed by atoms with Crippen LogP contribution in [0.4, 0.5) is 21.0 Å². The Morgan fingerprint density at radius 1 is 1.03 bits per heavy atom. The lowest BCUT2D eigenvalue weighted by atomic mass is 10.1. The molecule has 3 N–H and O–H groups in total. The van der Waals surface area contributed by atoms with Crippen molar-refractivity contribution >= 4 is 50.9 Å². The van der Waals surface area contributed by atoms with Gasteiger partial charge in [0.1, 0.15) is 21.5 Å². The zero-order valence-corrected chi connectivity index (χ0v) is 20.5. The minimum absolute atomic E-state index is 0.337. The fraction of sp³-hybridized carbons (Fsp3) is 0.182. The van der Waals surface area contributed by atoms with E-state index < -0.39 is 0 Å². The predicted octanol–water partition coefficient (Wildman–Crippen LogP) is 6.39. The molecule has 0 spiro atoms. The lowest BCUT2D eigenvalue weighted by molar-refractivity contribution is 0.324. The number of ether oxygens (including phenoxy) is 3. The second-order valence-corrected chi connectivity index (χ2v) is 9.14. The second-order valence-electron chi connectivity index (χ2n) is 6.88. The monoisotopic (exact) mass is 506 g/mol. The fourth-order valence-corrected chi connectivity index (χ4v) is 5.16. The first-order valence-electron chi connectivity index (χ1n) is 9.59. The van der Waals surface area contributed by atoms with Crippen molar-refractivity contribution < 1.29 is 18.6 Å². The highest BCUT2D eigenvalue weighted by Gasteiger charge is 2.18. The highest BCUT2D eigenvalue weighted by Crippen LogP contribution is 2.43. The number of aromatic nitrogens is 2. The first-order chi connectivity index (χ1) is 15.8. The molecule has 0 fully saturated rings. The van der Waals surface area contributed by atoms with Gasteiger partial charge in [0, 0.05) is 39.3 Å². The van der Waals surface area contributed by atoms with Gasteiger partial charge in [-0.15, -0.1) is 11.3 Å². The van der Waals surface area contributed by atoms with Gasteiger partial charge < -0.3 is 25.3 Å². The third-order valence-corrected chi connectivity index (χ3v) is 7.22. The van der Waals surface area contributed by atoms with Crippen LogP contribution in [0.15, 0.2) is 29.6 Å². The molecule has 0 atom stereocenters. The lowest BCUT2D eigenvalue weighted by Gasteiger charge is -2.14. The zero-order valence-electron chi connectivity index (χ0n) is 18.2. The third kappa shape index (κ3) is 4.54. The third-order valence-electron chi connectivity index (χ3n) is 4.84. The molecule has 2 heterocycles. The maximum atomic E-state index is 14.1. The van der Waals surface area contributed by atoms with Crippen LogP contribution in [0.2, 0.25) is 5.02 Å². The second kappa shape index (κ2) is 9.42. The quantitative estimate of drug-likeness (QED) is 0.300. The van der Waals surface area contributed by atoms with E-state index >= 15 is 0 Å². The summed E-state index contributed by atoms with van der Waals surface area (Å²) in [5.41, 5.74) is 8.49. The molecule has 33 heavy (non-hydrogen) atoms. The van der Waals surface area contributed by atoms with E-state index in [4.69, 9.17) is 31.5 Å².